The second kappa shape index (κ2) is 13.0. The predicted molar refractivity (Wildman–Crippen MR) is 161 cm³/mol. The summed E-state index contributed by atoms with van der Waals surface area (Å²) in [5.74, 6) is 1.00. The molecule has 0 aliphatic heterocycles. The van der Waals surface area contributed by atoms with Gasteiger partial charge in [-0.05, 0) is 67.2 Å². The number of amides is 1. The van der Waals surface area contributed by atoms with Gasteiger partial charge in [-0.1, -0.05) is 54.1 Å². The molecule has 1 unspecified atom stereocenters. The van der Waals surface area contributed by atoms with E-state index < -0.39 is 5.25 Å². The van der Waals surface area contributed by atoms with E-state index in [1.165, 1.54) is 17.3 Å². The quantitative estimate of drug-likeness (QED) is 0.151. The fourth-order valence-corrected chi connectivity index (χ4v) is 5.03. The molecule has 8 heteroatoms. The van der Waals surface area contributed by atoms with Crippen LogP contribution in [-0.2, 0) is 4.79 Å². The van der Waals surface area contributed by atoms with Gasteiger partial charge in [-0.3, -0.25) is 4.79 Å². The Morgan fingerprint density at radius 1 is 0.789 bits per heavy atom. The Morgan fingerprint density at radius 3 is 2.24 bits per heavy atom. The summed E-state index contributed by atoms with van der Waals surface area (Å²) in [6, 6.07) is 30.8. The Labute approximate surface area is 232 Å². The minimum absolute atomic E-state index is 0.167. The number of anilines is 3. The third-order valence-electron chi connectivity index (χ3n) is 5.66. The molecule has 4 rings (SSSR count). The van der Waals surface area contributed by atoms with Crippen LogP contribution in [0.5, 0.6) is 11.5 Å². The van der Waals surface area contributed by atoms with Gasteiger partial charge in [0.05, 0.1) is 19.9 Å². The molecule has 4 aromatic rings. The molecule has 4 aromatic carbocycles. The van der Waals surface area contributed by atoms with Gasteiger partial charge in [0.15, 0.2) is 5.11 Å². The molecule has 0 fully saturated rings. The smallest absolute Gasteiger partial charge is 0.242 e. The van der Waals surface area contributed by atoms with E-state index in [0.717, 1.165) is 21.8 Å². The third-order valence-corrected chi connectivity index (χ3v) is 7.11. The van der Waals surface area contributed by atoms with Gasteiger partial charge < -0.3 is 25.4 Å². The predicted octanol–water partition coefficient (Wildman–Crippen LogP) is 7.29. The summed E-state index contributed by atoms with van der Waals surface area (Å²) < 4.78 is 10.7. The highest BCUT2D eigenvalue weighted by molar-refractivity contribution is 8.00. The van der Waals surface area contributed by atoms with Crippen LogP contribution in [0.1, 0.15) is 16.4 Å². The van der Waals surface area contributed by atoms with Crippen molar-refractivity contribution in [3.63, 3.8) is 0 Å². The fourth-order valence-electron chi connectivity index (χ4n) is 3.71. The first-order valence-corrected chi connectivity index (χ1v) is 13.2. The lowest BCUT2D eigenvalue weighted by Crippen LogP contribution is -2.20. The van der Waals surface area contributed by atoms with Crippen LogP contribution in [0.3, 0.4) is 0 Å². The molecular formula is C30H29N3O3S2. The second-order valence-corrected chi connectivity index (χ2v) is 10.0. The van der Waals surface area contributed by atoms with Gasteiger partial charge in [0, 0.05) is 22.3 Å². The van der Waals surface area contributed by atoms with Crippen LogP contribution in [0, 0.1) is 6.92 Å². The maximum absolute atomic E-state index is 13.6. The van der Waals surface area contributed by atoms with Crippen molar-refractivity contribution in [2.75, 3.05) is 30.2 Å². The Bertz CT molecular complexity index is 1400. The van der Waals surface area contributed by atoms with Crippen molar-refractivity contribution in [2.45, 2.75) is 17.1 Å². The number of thiocarbonyl (C=S) groups is 1. The molecule has 6 nitrogen and oxygen atoms in total. The number of carbonyl (C=O) groups is 1. The van der Waals surface area contributed by atoms with Crippen molar-refractivity contribution in [2.24, 2.45) is 0 Å². The van der Waals surface area contributed by atoms with E-state index in [-0.39, 0.29) is 5.91 Å². The lowest BCUT2D eigenvalue weighted by Gasteiger charge is -2.19. The molecule has 0 saturated heterocycles. The van der Waals surface area contributed by atoms with E-state index in [0.29, 0.717) is 22.3 Å². The summed E-state index contributed by atoms with van der Waals surface area (Å²) in [5, 5.41) is 9.43. The molecule has 38 heavy (non-hydrogen) atoms. The van der Waals surface area contributed by atoms with Crippen LogP contribution in [-0.4, -0.2) is 25.2 Å². The van der Waals surface area contributed by atoms with Crippen LogP contribution < -0.4 is 25.4 Å². The summed E-state index contributed by atoms with van der Waals surface area (Å²) in [7, 11) is 3.15. The zero-order valence-electron chi connectivity index (χ0n) is 21.4. The van der Waals surface area contributed by atoms with Crippen LogP contribution in [0.25, 0.3) is 0 Å². The maximum atomic E-state index is 13.6. The Hall–Kier alpha value is -4.01. The number of hydrogen-bond acceptors (Lipinski definition) is 5. The number of nitrogens with one attached hydrogen (secondary N) is 3. The number of carbonyl (C=O) groups excluding carboxylic acids is 1. The molecular weight excluding hydrogens is 514 g/mol. The first-order valence-electron chi connectivity index (χ1n) is 11.9. The summed E-state index contributed by atoms with van der Waals surface area (Å²) in [6.07, 6.45) is 0. The Morgan fingerprint density at radius 2 is 1.53 bits per heavy atom. The highest BCUT2D eigenvalue weighted by Crippen LogP contribution is 2.38. The zero-order chi connectivity index (χ0) is 26.9. The van der Waals surface area contributed by atoms with Crippen molar-refractivity contribution >= 4 is 52.1 Å². The minimum Gasteiger partial charge on any atom is -0.497 e. The van der Waals surface area contributed by atoms with Crippen LogP contribution in [0.15, 0.2) is 102 Å². The average molecular weight is 544 g/mol. The molecule has 0 radical (unpaired) electrons. The van der Waals surface area contributed by atoms with E-state index in [9.17, 15) is 4.79 Å². The molecule has 194 valence electrons. The third kappa shape index (κ3) is 7.27. The largest absolute Gasteiger partial charge is 0.497 e. The van der Waals surface area contributed by atoms with E-state index in [2.05, 4.69) is 16.0 Å². The normalized spacial score (nSPS) is 11.2. The Kier molecular flexibility index (Phi) is 9.24. The van der Waals surface area contributed by atoms with E-state index in [1.807, 2.05) is 85.8 Å². The van der Waals surface area contributed by atoms with Crippen molar-refractivity contribution < 1.29 is 14.3 Å². The monoisotopic (exact) mass is 543 g/mol. The van der Waals surface area contributed by atoms with Crippen LogP contribution >= 0.6 is 24.0 Å². The fraction of sp³-hybridized carbons (Fsp3) is 0.133. The molecule has 0 saturated carbocycles. The lowest BCUT2D eigenvalue weighted by atomic mass is 10.1. The number of aryl methyl sites for hydroxylation is 1. The standard InChI is InChI=1S/C30H29N3O3S2/c1-20-12-14-22(15-13-20)31-30(37)32-23-10-7-11-25(18-23)38-28(21-8-5-4-6-9-21)29(34)33-26-17-16-24(35-2)19-27(26)36-3/h4-19,28H,1-3H3,(H,33,34)(H2,31,32,37). The topological polar surface area (TPSA) is 71.6 Å². The molecule has 0 aliphatic carbocycles. The zero-order valence-corrected chi connectivity index (χ0v) is 23.0. The van der Waals surface area contributed by atoms with E-state index >= 15 is 0 Å². The first-order chi connectivity index (χ1) is 18.4. The second-order valence-electron chi connectivity index (χ2n) is 8.44. The van der Waals surface area contributed by atoms with Crippen molar-refractivity contribution in [1.82, 2.24) is 0 Å². The van der Waals surface area contributed by atoms with Crippen LogP contribution in [0.2, 0.25) is 0 Å². The summed E-state index contributed by atoms with van der Waals surface area (Å²) >= 11 is 6.96. The van der Waals surface area contributed by atoms with Crippen molar-refractivity contribution in [1.29, 1.82) is 0 Å². The number of ether oxygens (including phenoxy) is 2. The molecule has 0 spiro atoms. The molecule has 1 amide bonds. The van der Waals surface area contributed by atoms with Gasteiger partial charge in [-0.15, -0.1) is 11.8 Å². The van der Waals surface area contributed by atoms with Crippen molar-refractivity contribution in [3.05, 3.63) is 108 Å². The van der Waals surface area contributed by atoms with E-state index in [4.69, 9.17) is 21.7 Å². The number of benzene rings is 4. The lowest BCUT2D eigenvalue weighted by molar-refractivity contribution is -0.115. The highest BCUT2D eigenvalue weighted by atomic mass is 32.2. The number of thioether (sulfide) groups is 1. The van der Waals surface area contributed by atoms with Crippen LogP contribution in [0.4, 0.5) is 17.1 Å². The number of hydrogen-bond donors (Lipinski definition) is 3. The summed E-state index contributed by atoms with van der Waals surface area (Å²) in [5.41, 5.74) is 4.37. The summed E-state index contributed by atoms with van der Waals surface area (Å²) in [4.78, 5) is 14.5. The van der Waals surface area contributed by atoms with E-state index in [1.54, 1.807) is 32.4 Å². The number of methoxy groups -OCH3 is 2. The average Bonchev–Trinajstić information content (AvgIpc) is 2.93. The molecule has 0 aromatic heterocycles. The minimum atomic E-state index is -0.504. The maximum Gasteiger partial charge on any atom is 0.242 e. The first kappa shape index (κ1) is 27.0. The highest BCUT2D eigenvalue weighted by Gasteiger charge is 2.23. The molecule has 3 N–H and O–H groups in total. The molecule has 0 aliphatic rings. The van der Waals surface area contributed by atoms with Gasteiger partial charge in [0.2, 0.25) is 5.91 Å². The molecule has 0 bridgehead atoms. The number of rotatable bonds is 9. The van der Waals surface area contributed by atoms with Gasteiger partial charge in [-0.2, -0.15) is 0 Å². The molecule has 1 atom stereocenters. The SMILES string of the molecule is COc1ccc(NC(=O)C(Sc2cccc(NC(=S)Nc3ccc(C)cc3)c2)c2ccccc2)c(OC)c1. The van der Waals surface area contributed by atoms with Gasteiger partial charge in [0.25, 0.3) is 0 Å². The summed E-state index contributed by atoms with van der Waals surface area (Å²) in [6.45, 7) is 2.04. The van der Waals surface area contributed by atoms with Gasteiger partial charge >= 0.3 is 0 Å². The Balaban J connectivity index is 1.51. The van der Waals surface area contributed by atoms with Gasteiger partial charge in [-0.25, -0.2) is 0 Å². The van der Waals surface area contributed by atoms with Gasteiger partial charge in [0.1, 0.15) is 16.7 Å². The molecule has 0 heterocycles. The van der Waals surface area contributed by atoms with Crippen molar-refractivity contribution in [3.8, 4) is 11.5 Å².